The summed E-state index contributed by atoms with van der Waals surface area (Å²) in [6.07, 6.45) is 2.79. The third-order valence-corrected chi connectivity index (χ3v) is 3.24. The molecule has 0 spiro atoms. The van der Waals surface area contributed by atoms with Gasteiger partial charge in [-0.05, 0) is 42.0 Å². The van der Waals surface area contributed by atoms with Crippen molar-refractivity contribution < 1.29 is 24.6 Å². The lowest BCUT2D eigenvalue weighted by Crippen LogP contribution is -2.10. The number of benzene rings is 2. The first-order chi connectivity index (χ1) is 11.3. The summed E-state index contributed by atoms with van der Waals surface area (Å²) < 4.78 is 0. The summed E-state index contributed by atoms with van der Waals surface area (Å²) >= 11 is 5.76. The van der Waals surface area contributed by atoms with Crippen molar-refractivity contribution >= 4 is 41.2 Å². The smallest absolute Gasteiger partial charge is 0.335 e. The van der Waals surface area contributed by atoms with Crippen LogP contribution in [0.2, 0.25) is 5.02 Å². The van der Waals surface area contributed by atoms with Crippen LogP contribution in [-0.2, 0) is 4.79 Å². The molecule has 2 aromatic carbocycles. The van der Waals surface area contributed by atoms with Gasteiger partial charge in [0.25, 0.3) is 0 Å². The number of aromatic carboxylic acids is 2. The number of carbonyl (C=O) groups is 3. The van der Waals surface area contributed by atoms with E-state index in [1.807, 2.05) is 0 Å². The van der Waals surface area contributed by atoms with E-state index in [0.717, 1.165) is 11.6 Å². The molecule has 7 heteroatoms. The van der Waals surface area contributed by atoms with E-state index in [1.165, 1.54) is 18.2 Å². The summed E-state index contributed by atoms with van der Waals surface area (Å²) in [5, 5.41) is 21.0. The van der Waals surface area contributed by atoms with Crippen LogP contribution in [0.1, 0.15) is 26.3 Å². The lowest BCUT2D eigenvalue weighted by atomic mass is 10.1. The van der Waals surface area contributed by atoms with Gasteiger partial charge < -0.3 is 15.5 Å². The van der Waals surface area contributed by atoms with Gasteiger partial charge >= 0.3 is 11.9 Å². The van der Waals surface area contributed by atoms with Crippen LogP contribution < -0.4 is 5.32 Å². The van der Waals surface area contributed by atoms with E-state index in [-0.39, 0.29) is 16.8 Å². The summed E-state index contributed by atoms with van der Waals surface area (Å²) in [6.45, 7) is 0. The summed E-state index contributed by atoms with van der Waals surface area (Å²) in [5.41, 5.74) is 0.372. The van der Waals surface area contributed by atoms with Crippen LogP contribution in [0.4, 0.5) is 5.69 Å². The molecule has 6 nitrogen and oxygen atoms in total. The molecule has 0 atom stereocenters. The molecule has 3 N–H and O–H groups in total. The van der Waals surface area contributed by atoms with Crippen molar-refractivity contribution in [1.82, 2.24) is 0 Å². The Morgan fingerprint density at radius 1 is 0.917 bits per heavy atom. The molecule has 122 valence electrons. The van der Waals surface area contributed by atoms with E-state index in [4.69, 9.17) is 21.8 Å². The van der Waals surface area contributed by atoms with Crippen molar-refractivity contribution in [3.05, 3.63) is 70.3 Å². The lowest BCUT2D eigenvalue weighted by molar-refractivity contribution is -0.111. The van der Waals surface area contributed by atoms with Gasteiger partial charge in [-0.2, -0.15) is 0 Å². The number of hydrogen-bond acceptors (Lipinski definition) is 3. The van der Waals surface area contributed by atoms with Crippen molar-refractivity contribution in [3.8, 4) is 0 Å². The molecule has 0 heterocycles. The van der Waals surface area contributed by atoms with Gasteiger partial charge in [-0.1, -0.05) is 23.7 Å². The third-order valence-electron chi connectivity index (χ3n) is 2.99. The van der Waals surface area contributed by atoms with Crippen LogP contribution >= 0.6 is 11.6 Å². The quantitative estimate of drug-likeness (QED) is 0.720. The van der Waals surface area contributed by atoms with Crippen LogP contribution in [-0.4, -0.2) is 28.1 Å². The van der Waals surface area contributed by atoms with Crippen LogP contribution in [0.25, 0.3) is 6.08 Å². The highest BCUT2D eigenvalue weighted by atomic mass is 35.5. The van der Waals surface area contributed by atoms with Gasteiger partial charge in [0.05, 0.1) is 11.1 Å². The third kappa shape index (κ3) is 4.69. The minimum absolute atomic E-state index is 0.0815. The molecule has 0 saturated carbocycles. The minimum atomic E-state index is -1.29. The number of anilines is 1. The maximum absolute atomic E-state index is 11.9. The number of halogens is 1. The largest absolute Gasteiger partial charge is 0.478 e. The van der Waals surface area contributed by atoms with Gasteiger partial charge in [0, 0.05) is 16.8 Å². The van der Waals surface area contributed by atoms with Crippen molar-refractivity contribution in [2.75, 3.05) is 5.32 Å². The SMILES string of the molecule is O=C(/C=C/c1ccc(Cl)cc1)Nc1cc(C(=O)O)cc(C(=O)O)c1. The van der Waals surface area contributed by atoms with E-state index in [2.05, 4.69) is 5.32 Å². The summed E-state index contributed by atoms with van der Waals surface area (Å²) in [6, 6.07) is 10.2. The number of rotatable bonds is 5. The molecule has 2 aromatic rings. The normalized spacial score (nSPS) is 10.5. The number of amides is 1. The zero-order chi connectivity index (χ0) is 17.7. The molecule has 0 aliphatic carbocycles. The first-order valence-corrected chi connectivity index (χ1v) is 7.09. The van der Waals surface area contributed by atoms with Crippen molar-refractivity contribution in [2.45, 2.75) is 0 Å². The zero-order valence-electron chi connectivity index (χ0n) is 12.2. The van der Waals surface area contributed by atoms with E-state index >= 15 is 0 Å². The highest BCUT2D eigenvalue weighted by molar-refractivity contribution is 6.30. The van der Waals surface area contributed by atoms with Crippen molar-refractivity contribution in [3.63, 3.8) is 0 Å². The molecule has 0 saturated heterocycles. The Labute approximate surface area is 142 Å². The van der Waals surface area contributed by atoms with E-state index in [0.29, 0.717) is 5.02 Å². The summed E-state index contributed by atoms with van der Waals surface area (Å²) in [5.74, 6) is -3.10. The highest BCUT2D eigenvalue weighted by Gasteiger charge is 2.12. The summed E-state index contributed by atoms with van der Waals surface area (Å²) in [4.78, 5) is 33.9. The molecular weight excluding hydrogens is 334 g/mol. The first-order valence-electron chi connectivity index (χ1n) is 6.71. The van der Waals surface area contributed by atoms with Crippen LogP contribution in [0, 0.1) is 0 Å². The molecule has 0 aliphatic heterocycles. The molecule has 0 fully saturated rings. The number of carboxylic acids is 2. The predicted molar refractivity (Wildman–Crippen MR) is 89.5 cm³/mol. The second kappa shape index (κ2) is 7.43. The predicted octanol–water partition coefficient (Wildman–Crippen LogP) is 3.39. The Balaban J connectivity index is 2.17. The molecule has 0 aromatic heterocycles. The molecule has 24 heavy (non-hydrogen) atoms. The lowest BCUT2D eigenvalue weighted by Gasteiger charge is -2.06. The number of carboxylic acid groups (broad SMARTS) is 2. The number of nitrogens with one attached hydrogen (secondary N) is 1. The van der Waals surface area contributed by atoms with Gasteiger partial charge in [-0.3, -0.25) is 4.79 Å². The molecule has 0 aliphatic rings. The molecule has 0 radical (unpaired) electrons. The average Bonchev–Trinajstić information content (AvgIpc) is 2.54. The Hall–Kier alpha value is -3.12. The number of carbonyl (C=O) groups excluding carboxylic acids is 1. The topological polar surface area (TPSA) is 104 Å². The van der Waals surface area contributed by atoms with Crippen molar-refractivity contribution in [1.29, 1.82) is 0 Å². The molecule has 2 rings (SSSR count). The molecular formula is C17H12ClNO5. The van der Waals surface area contributed by atoms with E-state index < -0.39 is 17.8 Å². The van der Waals surface area contributed by atoms with Crippen molar-refractivity contribution in [2.24, 2.45) is 0 Å². The van der Waals surface area contributed by atoms with E-state index in [9.17, 15) is 14.4 Å². The highest BCUT2D eigenvalue weighted by Crippen LogP contribution is 2.16. The maximum Gasteiger partial charge on any atom is 0.335 e. The van der Waals surface area contributed by atoms with Crippen LogP contribution in [0.3, 0.4) is 0 Å². The fourth-order valence-electron chi connectivity index (χ4n) is 1.88. The van der Waals surface area contributed by atoms with Gasteiger partial charge in [-0.25, -0.2) is 9.59 Å². The minimum Gasteiger partial charge on any atom is -0.478 e. The molecule has 0 bridgehead atoms. The summed E-state index contributed by atoms with van der Waals surface area (Å²) in [7, 11) is 0. The molecule has 1 amide bonds. The standard InChI is InChI=1S/C17H12ClNO5/c18-13-4-1-10(2-5-13)3-6-15(20)19-14-8-11(16(21)22)7-12(9-14)17(23)24/h1-9H,(H,19,20)(H,21,22)(H,23,24)/b6-3+. The fourth-order valence-corrected chi connectivity index (χ4v) is 2.00. The maximum atomic E-state index is 11.9. The second-order valence-corrected chi connectivity index (χ2v) is 5.22. The molecule has 0 unspecified atom stereocenters. The van der Waals surface area contributed by atoms with E-state index in [1.54, 1.807) is 30.3 Å². The Morgan fingerprint density at radius 3 is 1.96 bits per heavy atom. The van der Waals surface area contributed by atoms with Gasteiger partial charge in [0.2, 0.25) is 5.91 Å². The Bertz CT molecular complexity index is 795. The zero-order valence-corrected chi connectivity index (χ0v) is 12.9. The average molecular weight is 346 g/mol. The van der Waals surface area contributed by atoms with Gasteiger partial charge in [-0.15, -0.1) is 0 Å². The van der Waals surface area contributed by atoms with Crippen LogP contribution in [0.15, 0.2) is 48.5 Å². The number of hydrogen-bond donors (Lipinski definition) is 3. The first kappa shape index (κ1) is 17.2. The second-order valence-electron chi connectivity index (χ2n) is 4.78. The Morgan fingerprint density at radius 2 is 1.46 bits per heavy atom. The Kier molecular flexibility index (Phi) is 5.34. The van der Waals surface area contributed by atoms with Gasteiger partial charge in [0.15, 0.2) is 0 Å². The van der Waals surface area contributed by atoms with Crippen LogP contribution in [0.5, 0.6) is 0 Å². The fraction of sp³-hybridized carbons (Fsp3) is 0. The monoisotopic (exact) mass is 345 g/mol. The van der Waals surface area contributed by atoms with Gasteiger partial charge in [0.1, 0.15) is 0 Å².